The Morgan fingerprint density at radius 2 is 2.29 bits per heavy atom. The van der Waals surface area contributed by atoms with Crippen molar-refractivity contribution in [3.05, 3.63) is 0 Å². The van der Waals surface area contributed by atoms with Gasteiger partial charge in [0.15, 0.2) is 0 Å². The molecule has 2 rings (SSSR count). The molecule has 0 radical (unpaired) electrons. The van der Waals surface area contributed by atoms with Crippen LogP contribution in [0.1, 0.15) is 25.7 Å². The highest BCUT2D eigenvalue weighted by Crippen LogP contribution is 2.32. The third-order valence-corrected chi connectivity index (χ3v) is 2.87. The van der Waals surface area contributed by atoms with Crippen molar-refractivity contribution in [3.8, 4) is 0 Å². The largest absolute Gasteiger partial charge is 0.391 e. The van der Waals surface area contributed by atoms with E-state index in [0.717, 1.165) is 25.7 Å². The van der Waals surface area contributed by atoms with Crippen LogP contribution in [0.25, 0.3) is 0 Å². The lowest BCUT2D eigenvalue weighted by atomic mass is 10.2. The van der Waals surface area contributed by atoms with Gasteiger partial charge in [0.25, 0.3) is 0 Å². The van der Waals surface area contributed by atoms with Crippen LogP contribution in [-0.2, 0) is 9.53 Å². The smallest absolute Gasteiger partial charge is 0.249 e. The summed E-state index contributed by atoms with van der Waals surface area (Å²) in [5.74, 6) is 0.349. The second-order valence-corrected chi connectivity index (χ2v) is 4.15. The average Bonchev–Trinajstić information content (AvgIpc) is 2.90. The zero-order valence-electron chi connectivity index (χ0n) is 8.24. The minimum absolute atomic E-state index is 0.0674. The van der Waals surface area contributed by atoms with Crippen LogP contribution in [0, 0.1) is 5.92 Å². The fraction of sp³-hybridized carbons (Fsp3) is 0.900. The van der Waals surface area contributed by atoms with E-state index in [1.54, 1.807) is 0 Å². The van der Waals surface area contributed by atoms with Gasteiger partial charge in [-0.1, -0.05) is 0 Å². The number of hydrogen-bond donors (Lipinski definition) is 2. The zero-order chi connectivity index (χ0) is 9.97. The third kappa shape index (κ3) is 2.45. The van der Waals surface area contributed by atoms with Crippen LogP contribution in [0.5, 0.6) is 0 Å². The summed E-state index contributed by atoms with van der Waals surface area (Å²) in [6, 6.07) is 0. The van der Waals surface area contributed by atoms with E-state index in [-0.39, 0.29) is 18.1 Å². The molecule has 0 aromatic carbocycles. The molecule has 4 heteroatoms. The summed E-state index contributed by atoms with van der Waals surface area (Å²) in [6.07, 6.45) is 3.32. The average molecular weight is 199 g/mol. The predicted molar refractivity (Wildman–Crippen MR) is 50.7 cm³/mol. The van der Waals surface area contributed by atoms with Crippen LogP contribution < -0.4 is 5.32 Å². The fourth-order valence-corrected chi connectivity index (χ4v) is 1.75. The Morgan fingerprint density at radius 3 is 2.86 bits per heavy atom. The molecule has 4 nitrogen and oxygen atoms in total. The molecule has 1 aliphatic heterocycles. The number of carbonyl (C=O) groups excluding carboxylic acids is 1. The van der Waals surface area contributed by atoms with Crippen LogP contribution in [0.15, 0.2) is 0 Å². The first kappa shape index (κ1) is 9.93. The van der Waals surface area contributed by atoms with Gasteiger partial charge in [0.05, 0.1) is 6.10 Å². The molecule has 2 N–H and O–H groups in total. The molecule has 1 aliphatic carbocycles. The standard InChI is InChI=1S/C10H17NO3/c12-8(7-3-4-7)6-11-10(13)9-2-1-5-14-9/h7-9,12H,1-6H2,(H,11,13)/t8?,9-/m0/s1. The highest BCUT2D eigenvalue weighted by molar-refractivity contribution is 5.80. The van der Waals surface area contributed by atoms with Gasteiger partial charge in [-0.15, -0.1) is 0 Å². The second kappa shape index (κ2) is 4.28. The first-order valence-corrected chi connectivity index (χ1v) is 5.35. The lowest BCUT2D eigenvalue weighted by Crippen LogP contribution is -2.39. The summed E-state index contributed by atoms with van der Waals surface area (Å²) < 4.78 is 5.23. The van der Waals surface area contributed by atoms with Gasteiger partial charge in [0.1, 0.15) is 6.10 Å². The molecular formula is C10H17NO3. The maximum Gasteiger partial charge on any atom is 0.249 e. The Labute approximate surface area is 83.6 Å². The van der Waals surface area contributed by atoms with E-state index in [1.165, 1.54) is 0 Å². The van der Waals surface area contributed by atoms with Gasteiger partial charge < -0.3 is 15.2 Å². The number of aliphatic hydroxyl groups excluding tert-OH is 1. The van der Waals surface area contributed by atoms with Gasteiger partial charge in [-0.25, -0.2) is 0 Å². The quantitative estimate of drug-likeness (QED) is 0.672. The van der Waals surface area contributed by atoms with Crippen molar-refractivity contribution in [2.45, 2.75) is 37.9 Å². The monoisotopic (exact) mass is 199 g/mol. The molecular weight excluding hydrogens is 182 g/mol. The van der Waals surface area contributed by atoms with Crippen LogP contribution >= 0.6 is 0 Å². The van der Waals surface area contributed by atoms with Gasteiger partial charge in [-0.3, -0.25) is 4.79 Å². The first-order valence-electron chi connectivity index (χ1n) is 5.35. The maximum atomic E-state index is 11.4. The molecule has 1 saturated heterocycles. The molecule has 0 spiro atoms. The van der Waals surface area contributed by atoms with E-state index in [1.807, 2.05) is 0 Å². The molecule has 14 heavy (non-hydrogen) atoms. The topological polar surface area (TPSA) is 58.6 Å². The van der Waals surface area contributed by atoms with E-state index in [4.69, 9.17) is 4.74 Å². The van der Waals surface area contributed by atoms with Gasteiger partial charge in [0.2, 0.25) is 5.91 Å². The predicted octanol–water partition coefficient (Wildman–Crippen LogP) is 0.0525. The summed E-state index contributed by atoms with van der Waals surface area (Å²) in [6.45, 7) is 1.06. The third-order valence-electron chi connectivity index (χ3n) is 2.87. The number of aliphatic hydroxyl groups is 1. The molecule has 2 fully saturated rings. The minimum Gasteiger partial charge on any atom is -0.391 e. The Bertz CT molecular complexity index is 209. The maximum absolute atomic E-state index is 11.4. The van der Waals surface area contributed by atoms with Crippen molar-refractivity contribution in [3.63, 3.8) is 0 Å². The van der Waals surface area contributed by atoms with Gasteiger partial charge in [-0.2, -0.15) is 0 Å². The fourth-order valence-electron chi connectivity index (χ4n) is 1.75. The highest BCUT2D eigenvalue weighted by Gasteiger charge is 2.30. The number of ether oxygens (including phenoxy) is 1. The molecule has 1 saturated carbocycles. The van der Waals surface area contributed by atoms with E-state index < -0.39 is 0 Å². The summed E-state index contributed by atoms with van der Waals surface area (Å²) in [5, 5.41) is 12.3. The van der Waals surface area contributed by atoms with Crippen molar-refractivity contribution in [2.75, 3.05) is 13.2 Å². The number of amides is 1. The Kier molecular flexibility index (Phi) is 3.03. The summed E-state index contributed by atoms with van der Waals surface area (Å²) >= 11 is 0. The number of rotatable bonds is 4. The van der Waals surface area contributed by atoms with Crippen molar-refractivity contribution >= 4 is 5.91 Å². The van der Waals surface area contributed by atoms with E-state index in [0.29, 0.717) is 19.1 Å². The number of hydrogen-bond acceptors (Lipinski definition) is 3. The normalized spacial score (nSPS) is 28.8. The highest BCUT2D eigenvalue weighted by atomic mass is 16.5. The van der Waals surface area contributed by atoms with Crippen LogP contribution in [0.3, 0.4) is 0 Å². The van der Waals surface area contributed by atoms with Crippen LogP contribution in [-0.4, -0.2) is 36.4 Å². The first-order chi connectivity index (χ1) is 6.77. The van der Waals surface area contributed by atoms with Crippen molar-refractivity contribution in [1.82, 2.24) is 5.32 Å². The Balaban J connectivity index is 1.66. The minimum atomic E-state index is -0.361. The summed E-state index contributed by atoms with van der Waals surface area (Å²) in [4.78, 5) is 11.4. The molecule has 0 aromatic heterocycles. The molecule has 2 aliphatic rings. The molecule has 1 unspecified atom stereocenters. The number of carbonyl (C=O) groups is 1. The zero-order valence-corrected chi connectivity index (χ0v) is 8.24. The van der Waals surface area contributed by atoms with Crippen molar-refractivity contribution in [1.29, 1.82) is 0 Å². The van der Waals surface area contributed by atoms with Gasteiger partial charge in [-0.05, 0) is 31.6 Å². The van der Waals surface area contributed by atoms with Crippen LogP contribution in [0.2, 0.25) is 0 Å². The second-order valence-electron chi connectivity index (χ2n) is 4.15. The molecule has 1 heterocycles. The SMILES string of the molecule is O=C(NCC(O)C1CC1)[C@@H]1CCCO1. The Hall–Kier alpha value is -0.610. The summed E-state index contributed by atoms with van der Waals surface area (Å²) in [5.41, 5.74) is 0. The lowest BCUT2D eigenvalue weighted by Gasteiger charge is -2.13. The molecule has 0 aromatic rings. The Morgan fingerprint density at radius 1 is 1.50 bits per heavy atom. The molecule has 1 amide bonds. The van der Waals surface area contributed by atoms with E-state index in [9.17, 15) is 9.90 Å². The molecule has 2 atom stereocenters. The van der Waals surface area contributed by atoms with Gasteiger partial charge in [0, 0.05) is 13.2 Å². The van der Waals surface area contributed by atoms with E-state index >= 15 is 0 Å². The van der Waals surface area contributed by atoms with E-state index in [2.05, 4.69) is 5.32 Å². The van der Waals surface area contributed by atoms with Crippen molar-refractivity contribution < 1.29 is 14.6 Å². The summed E-state index contributed by atoms with van der Waals surface area (Å²) in [7, 11) is 0. The van der Waals surface area contributed by atoms with Crippen molar-refractivity contribution in [2.24, 2.45) is 5.92 Å². The number of nitrogens with one attached hydrogen (secondary N) is 1. The molecule has 80 valence electrons. The lowest BCUT2D eigenvalue weighted by molar-refractivity contribution is -0.130. The van der Waals surface area contributed by atoms with Crippen LogP contribution in [0.4, 0.5) is 0 Å². The van der Waals surface area contributed by atoms with Gasteiger partial charge >= 0.3 is 0 Å². The molecule has 0 bridgehead atoms.